The number of hydrogen-bond donors (Lipinski definition) is 2. The lowest BCUT2D eigenvalue weighted by Crippen LogP contribution is -2.22. The first kappa shape index (κ1) is 13.4. The van der Waals surface area contributed by atoms with Gasteiger partial charge in [-0.05, 0) is 6.42 Å². The molecule has 0 bridgehead atoms. The van der Waals surface area contributed by atoms with Gasteiger partial charge in [-0.15, -0.1) is 10.2 Å². The molecule has 0 saturated heterocycles. The number of guanidine groups is 1. The molecule has 0 heterocycles. The Bertz CT molecular complexity index is 257. The molecule has 5 nitrogen and oxygen atoms in total. The smallest absolute Gasteiger partial charge is 0.211 e. The van der Waals surface area contributed by atoms with E-state index in [0.29, 0.717) is 12.1 Å². The molecule has 0 aliphatic rings. The molecular formula is C10H19N5. The molecule has 0 amide bonds. The molecule has 0 aliphatic carbocycles. The molecule has 0 aliphatic heterocycles. The van der Waals surface area contributed by atoms with Crippen molar-refractivity contribution in [3.63, 3.8) is 0 Å². The number of rotatable bonds is 7. The van der Waals surface area contributed by atoms with Gasteiger partial charge < -0.3 is 11.5 Å². The summed E-state index contributed by atoms with van der Waals surface area (Å²) in [6.45, 7) is 2.17. The molecule has 0 aromatic rings. The van der Waals surface area contributed by atoms with Gasteiger partial charge in [0.05, 0.1) is 0 Å². The molecule has 0 aromatic heterocycles. The molecule has 0 saturated carbocycles. The lowest BCUT2D eigenvalue weighted by molar-refractivity contribution is 0.643. The van der Waals surface area contributed by atoms with Crippen LogP contribution in [0, 0.1) is 11.3 Å². The largest absolute Gasteiger partial charge is 0.369 e. The molecule has 0 aromatic carbocycles. The minimum Gasteiger partial charge on any atom is -0.369 e. The fourth-order valence-electron chi connectivity index (χ4n) is 1.14. The van der Waals surface area contributed by atoms with E-state index in [0.717, 1.165) is 12.8 Å². The van der Waals surface area contributed by atoms with Crippen LogP contribution in [0.2, 0.25) is 0 Å². The molecule has 0 rings (SSSR count). The second kappa shape index (κ2) is 9.00. The van der Waals surface area contributed by atoms with Crippen molar-refractivity contribution in [1.82, 2.24) is 0 Å². The minimum atomic E-state index is -0.117. The van der Waals surface area contributed by atoms with Gasteiger partial charge in [0.2, 0.25) is 5.96 Å². The normalized spacial score (nSPS) is 10.8. The predicted octanol–water partition coefficient (Wildman–Crippen LogP) is 1.50. The van der Waals surface area contributed by atoms with E-state index in [1.807, 2.05) is 6.07 Å². The highest BCUT2D eigenvalue weighted by Gasteiger charge is 1.97. The summed E-state index contributed by atoms with van der Waals surface area (Å²) in [5.74, 6) is -0.117. The van der Waals surface area contributed by atoms with Crippen molar-refractivity contribution in [3.05, 3.63) is 0 Å². The van der Waals surface area contributed by atoms with Crippen molar-refractivity contribution < 1.29 is 0 Å². The van der Waals surface area contributed by atoms with Crippen LogP contribution in [0.25, 0.3) is 0 Å². The Kier molecular flexibility index (Phi) is 8.06. The third-order valence-electron chi connectivity index (χ3n) is 1.93. The Hall–Kier alpha value is -1.57. The number of nitriles is 1. The zero-order valence-electron chi connectivity index (χ0n) is 9.24. The van der Waals surface area contributed by atoms with Gasteiger partial charge in [0.25, 0.3) is 0 Å². The molecule has 0 unspecified atom stereocenters. The van der Waals surface area contributed by atoms with Crippen molar-refractivity contribution >= 4 is 11.7 Å². The SMILES string of the molecule is CCCCCCC/C(C#N)=N/N=C(N)N. The molecule has 4 N–H and O–H groups in total. The van der Waals surface area contributed by atoms with Crippen LogP contribution in [0.5, 0.6) is 0 Å². The fraction of sp³-hybridized carbons (Fsp3) is 0.700. The second-order valence-electron chi connectivity index (χ2n) is 3.35. The summed E-state index contributed by atoms with van der Waals surface area (Å²) in [5.41, 5.74) is 10.6. The molecule has 84 valence electrons. The topological polar surface area (TPSA) is 101 Å². The summed E-state index contributed by atoms with van der Waals surface area (Å²) in [4.78, 5) is 0. The van der Waals surface area contributed by atoms with Gasteiger partial charge in [0.15, 0.2) is 0 Å². The molecule has 0 atom stereocenters. The predicted molar refractivity (Wildman–Crippen MR) is 62.2 cm³/mol. The summed E-state index contributed by atoms with van der Waals surface area (Å²) in [5, 5.41) is 15.8. The summed E-state index contributed by atoms with van der Waals surface area (Å²) >= 11 is 0. The third kappa shape index (κ3) is 8.75. The number of hydrogen-bond acceptors (Lipinski definition) is 3. The summed E-state index contributed by atoms with van der Waals surface area (Å²) in [6.07, 6.45) is 6.40. The molecular weight excluding hydrogens is 190 g/mol. The van der Waals surface area contributed by atoms with Crippen molar-refractivity contribution in [2.24, 2.45) is 21.7 Å². The fourth-order valence-corrected chi connectivity index (χ4v) is 1.14. The monoisotopic (exact) mass is 209 g/mol. The van der Waals surface area contributed by atoms with Crippen LogP contribution in [0.15, 0.2) is 10.2 Å². The van der Waals surface area contributed by atoms with Crippen molar-refractivity contribution in [1.29, 1.82) is 5.26 Å². The van der Waals surface area contributed by atoms with E-state index in [2.05, 4.69) is 17.1 Å². The molecule has 0 radical (unpaired) electrons. The van der Waals surface area contributed by atoms with Crippen LogP contribution in [0.1, 0.15) is 45.4 Å². The zero-order valence-corrected chi connectivity index (χ0v) is 9.24. The van der Waals surface area contributed by atoms with Crippen molar-refractivity contribution in [3.8, 4) is 6.07 Å². The third-order valence-corrected chi connectivity index (χ3v) is 1.93. The average molecular weight is 209 g/mol. The van der Waals surface area contributed by atoms with Crippen LogP contribution in [-0.2, 0) is 0 Å². The van der Waals surface area contributed by atoms with E-state index in [9.17, 15) is 0 Å². The highest BCUT2D eigenvalue weighted by Crippen LogP contribution is 2.05. The van der Waals surface area contributed by atoms with E-state index in [-0.39, 0.29) is 5.96 Å². The first-order valence-corrected chi connectivity index (χ1v) is 5.26. The maximum Gasteiger partial charge on any atom is 0.211 e. The number of unbranched alkanes of at least 4 members (excludes halogenated alkanes) is 4. The van der Waals surface area contributed by atoms with Gasteiger partial charge in [0.1, 0.15) is 11.8 Å². The lowest BCUT2D eigenvalue weighted by Gasteiger charge is -1.97. The van der Waals surface area contributed by atoms with E-state index in [4.69, 9.17) is 16.7 Å². The molecule has 0 spiro atoms. The van der Waals surface area contributed by atoms with Crippen LogP contribution in [0.4, 0.5) is 0 Å². The summed E-state index contributed by atoms with van der Waals surface area (Å²) in [6, 6.07) is 1.98. The van der Waals surface area contributed by atoms with Crippen LogP contribution < -0.4 is 11.5 Å². The standard InChI is InChI=1S/C10H19N5/c1-2-3-4-5-6-7-9(8-11)14-15-10(12)13/h2-7H2,1H3,(H4,12,13,15)/b14-9-. The molecule has 0 fully saturated rings. The molecule has 15 heavy (non-hydrogen) atoms. The number of nitrogens with zero attached hydrogens (tertiary/aromatic N) is 3. The average Bonchev–Trinajstić information content (AvgIpc) is 2.22. The van der Waals surface area contributed by atoms with Crippen molar-refractivity contribution in [2.75, 3.05) is 0 Å². The second-order valence-corrected chi connectivity index (χ2v) is 3.35. The minimum absolute atomic E-state index is 0.117. The maximum absolute atomic E-state index is 8.71. The van der Waals surface area contributed by atoms with Gasteiger partial charge >= 0.3 is 0 Å². The van der Waals surface area contributed by atoms with E-state index in [1.54, 1.807) is 0 Å². The lowest BCUT2D eigenvalue weighted by atomic mass is 10.1. The van der Waals surface area contributed by atoms with Crippen molar-refractivity contribution in [2.45, 2.75) is 45.4 Å². The molecule has 5 heteroatoms. The van der Waals surface area contributed by atoms with Crippen LogP contribution >= 0.6 is 0 Å². The zero-order chi connectivity index (χ0) is 11.5. The van der Waals surface area contributed by atoms with Gasteiger partial charge in [-0.25, -0.2) is 0 Å². The van der Waals surface area contributed by atoms with Gasteiger partial charge in [-0.1, -0.05) is 32.6 Å². The van der Waals surface area contributed by atoms with E-state index < -0.39 is 0 Å². The van der Waals surface area contributed by atoms with Crippen LogP contribution in [0.3, 0.4) is 0 Å². The van der Waals surface area contributed by atoms with E-state index in [1.165, 1.54) is 19.3 Å². The Balaban J connectivity index is 3.77. The Morgan fingerprint density at radius 3 is 2.33 bits per heavy atom. The van der Waals surface area contributed by atoms with Gasteiger partial charge in [-0.3, -0.25) is 0 Å². The summed E-state index contributed by atoms with van der Waals surface area (Å²) in [7, 11) is 0. The maximum atomic E-state index is 8.71. The number of nitrogens with two attached hydrogens (primary N) is 2. The Labute approximate surface area is 90.9 Å². The van der Waals surface area contributed by atoms with Gasteiger partial charge in [0, 0.05) is 6.42 Å². The van der Waals surface area contributed by atoms with E-state index >= 15 is 0 Å². The first-order chi connectivity index (χ1) is 7.20. The summed E-state index contributed by atoms with van der Waals surface area (Å²) < 4.78 is 0. The Morgan fingerprint density at radius 2 is 1.80 bits per heavy atom. The van der Waals surface area contributed by atoms with Gasteiger partial charge in [-0.2, -0.15) is 5.26 Å². The van der Waals surface area contributed by atoms with Crippen LogP contribution in [-0.4, -0.2) is 11.7 Å². The highest BCUT2D eigenvalue weighted by atomic mass is 15.3. The quantitative estimate of drug-likeness (QED) is 0.287. The Morgan fingerprint density at radius 1 is 1.13 bits per heavy atom. The first-order valence-electron chi connectivity index (χ1n) is 5.26. The highest BCUT2D eigenvalue weighted by molar-refractivity contribution is 5.98.